The number of aromatic nitrogens is 3. The van der Waals surface area contributed by atoms with Gasteiger partial charge in [0.25, 0.3) is 0 Å². The third kappa shape index (κ3) is 4.33. The van der Waals surface area contributed by atoms with Gasteiger partial charge in [0.05, 0.1) is 18.5 Å². The fourth-order valence-corrected chi connectivity index (χ4v) is 3.07. The summed E-state index contributed by atoms with van der Waals surface area (Å²) in [5, 5.41) is 4.22. The number of methoxy groups -OCH3 is 1. The van der Waals surface area contributed by atoms with Crippen molar-refractivity contribution in [1.82, 2.24) is 19.5 Å². The summed E-state index contributed by atoms with van der Waals surface area (Å²) >= 11 is 0. The van der Waals surface area contributed by atoms with E-state index in [2.05, 4.69) is 20.1 Å². The van der Waals surface area contributed by atoms with Crippen molar-refractivity contribution in [2.75, 3.05) is 27.2 Å². The molecule has 0 amide bonds. The molecule has 2 N–H and O–H groups in total. The number of nitrogens with two attached hydrogens (primary N) is 1. The van der Waals surface area contributed by atoms with E-state index >= 15 is 0 Å². The van der Waals surface area contributed by atoms with Gasteiger partial charge in [-0.1, -0.05) is 0 Å². The zero-order valence-corrected chi connectivity index (χ0v) is 16.4. The van der Waals surface area contributed by atoms with E-state index in [9.17, 15) is 13.2 Å². The summed E-state index contributed by atoms with van der Waals surface area (Å²) in [5.74, 6) is 0.927. The van der Waals surface area contributed by atoms with Crippen LogP contribution in [0.3, 0.4) is 0 Å². The van der Waals surface area contributed by atoms with Crippen LogP contribution in [-0.4, -0.2) is 58.5 Å². The topological polar surface area (TPSA) is 93.4 Å². The maximum atomic E-state index is 13.2. The van der Waals surface area contributed by atoms with Gasteiger partial charge < -0.3 is 15.4 Å². The minimum absolute atomic E-state index is 0.00449. The fourth-order valence-electron chi connectivity index (χ4n) is 3.07. The molecule has 3 heterocycles. The number of rotatable bonds is 3. The highest BCUT2D eigenvalue weighted by Gasteiger charge is 2.37. The molecule has 1 aliphatic heterocycles. The van der Waals surface area contributed by atoms with Crippen LogP contribution in [0.2, 0.25) is 0 Å². The molecule has 0 saturated carbocycles. The number of nitrogens with zero attached hydrogens (tertiary/aromatic N) is 6. The maximum absolute atomic E-state index is 13.2. The normalized spacial score (nSPS) is 16.4. The van der Waals surface area contributed by atoms with Crippen molar-refractivity contribution in [3.63, 3.8) is 0 Å². The first-order valence-corrected chi connectivity index (χ1v) is 9.00. The monoisotopic (exact) mass is 409 g/mol. The lowest BCUT2D eigenvalue weighted by atomic mass is 10.3. The molecule has 0 radical (unpaired) electrons. The van der Waals surface area contributed by atoms with Crippen molar-refractivity contribution in [3.05, 3.63) is 29.2 Å². The number of likely N-dealkylation sites (tertiary alicyclic amines) is 1. The Kier molecular flexibility index (Phi) is 5.76. The number of hydrogen-bond acceptors (Lipinski definition) is 4. The van der Waals surface area contributed by atoms with Gasteiger partial charge in [-0.25, -0.2) is 9.50 Å². The Balaban J connectivity index is 1.94. The maximum Gasteiger partial charge on any atom is 0.435 e. The second kappa shape index (κ2) is 8.10. The molecule has 1 saturated heterocycles. The molecule has 0 spiro atoms. The van der Waals surface area contributed by atoms with E-state index < -0.39 is 11.9 Å². The minimum atomic E-state index is -4.58. The molecule has 0 aliphatic carbocycles. The first-order chi connectivity index (χ1) is 13.7. The summed E-state index contributed by atoms with van der Waals surface area (Å²) in [4.78, 5) is 14.0. The number of alkyl halides is 3. The zero-order chi connectivity index (χ0) is 21.2. The van der Waals surface area contributed by atoms with Crippen LogP contribution >= 0.6 is 0 Å². The standard InChI is InChI=1S/C18H22F3N7O/c1-11-15(18(19,20)21)25-16-13(29-3)10-12(26-28(11)16)6-7-14(23-2)24-17(22)27-8-4-5-9-27/h6-7,10H,4-5,8-9H2,1-3H3,(H2,22,23,24)/b7-6+. The fraction of sp³-hybridized carbons (Fsp3) is 0.444. The summed E-state index contributed by atoms with van der Waals surface area (Å²) in [6, 6.07) is 1.50. The molecule has 11 heteroatoms. The third-order valence-corrected chi connectivity index (χ3v) is 4.57. The predicted octanol–water partition coefficient (Wildman–Crippen LogP) is 2.52. The van der Waals surface area contributed by atoms with E-state index in [-0.39, 0.29) is 17.1 Å². The Hall–Kier alpha value is -3.11. The first-order valence-electron chi connectivity index (χ1n) is 9.00. The lowest BCUT2D eigenvalue weighted by molar-refractivity contribution is -0.141. The van der Waals surface area contributed by atoms with Gasteiger partial charge in [0.1, 0.15) is 0 Å². The first kappa shape index (κ1) is 20.6. The number of fused-ring (bicyclic) bond motifs is 1. The summed E-state index contributed by atoms with van der Waals surface area (Å²) in [7, 11) is 2.94. The van der Waals surface area contributed by atoms with Crippen molar-refractivity contribution in [1.29, 1.82) is 0 Å². The molecular weight excluding hydrogens is 387 g/mol. The van der Waals surface area contributed by atoms with Crippen LogP contribution < -0.4 is 10.5 Å². The number of aliphatic imine (C=N–C) groups is 2. The third-order valence-electron chi connectivity index (χ3n) is 4.57. The average Bonchev–Trinajstić information content (AvgIpc) is 3.32. The second-order valence-electron chi connectivity index (χ2n) is 6.50. The van der Waals surface area contributed by atoms with E-state index in [0.29, 0.717) is 17.5 Å². The van der Waals surface area contributed by atoms with Gasteiger partial charge in [-0.15, -0.1) is 0 Å². The molecule has 3 rings (SSSR count). The van der Waals surface area contributed by atoms with Crippen LogP contribution in [0.4, 0.5) is 13.2 Å². The van der Waals surface area contributed by atoms with E-state index in [1.54, 1.807) is 19.2 Å². The van der Waals surface area contributed by atoms with Crippen LogP contribution in [0.15, 0.2) is 22.1 Å². The Morgan fingerprint density at radius 2 is 2.00 bits per heavy atom. The Bertz CT molecular complexity index is 985. The minimum Gasteiger partial charge on any atom is -0.493 e. The number of imidazole rings is 1. The number of hydrogen-bond donors (Lipinski definition) is 1. The van der Waals surface area contributed by atoms with Gasteiger partial charge >= 0.3 is 6.18 Å². The lowest BCUT2D eigenvalue weighted by Crippen LogP contribution is -2.35. The molecule has 1 fully saturated rings. The number of ether oxygens (including phenoxy) is 1. The van der Waals surface area contributed by atoms with Crippen molar-refractivity contribution in [2.24, 2.45) is 15.7 Å². The lowest BCUT2D eigenvalue weighted by Gasteiger charge is -2.15. The van der Waals surface area contributed by atoms with E-state index in [1.807, 2.05) is 4.90 Å². The molecule has 1 aliphatic rings. The van der Waals surface area contributed by atoms with Gasteiger partial charge in [-0.2, -0.15) is 23.3 Å². The quantitative estimate of drug-likeness (QED) is 0.621. The summed E-state index contributed by atoms with van der Waals surface area (Å²) < 4.78 is 45.8. The summed E-state index contributed by atoms with van der Waals surface area (Å²) in [5.41, 5.74) is 5.25. The highest BCUT2D eigenvalue weighted by molar-refractivity contribution is 6.03. The molecule has 2 aromatic heterocycles. The van der Waals surface area contributed by atoms with Crippen molar-refractivity contribution >= 4 is 23.5 Å². The number of aryl methyl sites for hydroxylation is 1. The Morgan fingerprint density at radius 3 is 2.59 bits per heavy atom. The van der Waals surface area contributed by atoms with E-state index in [1.165, 1.54) is 20.1 Å². The van der Waals surface area contributed by atoms with Crippen LogP contribution in [0.5, 0.6) is 5.75 Å². The smallest absolute Gasteiger partial charge is 0.435 e. The highest BCUT2D eigenvalue weighted by atomic mass is 19.4. The molecule has 0 atom stereocenters. The van der Waals surface area contributed by atoms with E-state index in [0.717, 1.165) is 30.4 Å². The van der Waals surface area contributed by atoms with Crippen LogP contribution in [0, 0.1) is 6.92 Å². The average molecular weight is 409 g/mol. The Labute approximate surface area is 165 Å². The number of amidine groups is 1. The van der Waals surface area contributed by atoms with Crippen LogP contribution in [0.1, 0.15) is 29.9 Å². The van der Waals surface area contributed by atoms with Crippen LogP contribution in [-0.2, 0) is 6.18 Å². The van der Waals surface area contributed by atoms with Gasteiger partial charge in [-0.05, 0) is 31.9 Å². The molecular formula is C18H22F3N7O. The van der Waals surface area contributed by atoms with Crippen molar-refractivity contribution in [3.8, 4) is 5.75 Å². The van der Waals surface area contributed by atoms with Crippen LogP contribution in [0.25, 0.3) is 11.7 Å². The highest BCUT2D eigenvalue weighted by Crippen LogP contribution is 2.33. The van der Waals surface area contributed by atoms with Gasteiger partial charge in [0.15, 0.2) is 28.9 Å². The second-order valence-corrected chi connectivity index (χ2v) is 6.50. The van der Waals surface area contributed by atoms with Crippen molar-refractivity contribution in [2.45, 2.75) is 25.9 Å². The molecule has 0 unspecified atom stereocenters. The molecule has 0 bridgehead atoms. The summed E-state index contributed by atoms with van der Waals surface area (Å²) in [6.45, 7) is 3.02. The number of halogens is 3. The molecule has 8 nitrogen and oxygen atoms in total. The van der Waals surface area contributed by atoms with Gasteiger partial charge in [0.2, 0.25) is 0 Å². The molecule has 0 aromatic carbocycles. The Morgan fingerprint density at radius 1 is 1.31 bits per heavy atom. The molecule has 29 heavy (non-hydrogen) atoms. The van der Waals surface area contributed by atoms with Gasteiger partial charge in [-0.3, -0.25) is 4.99 Å². The predicted molar refractivity (Wildman–Crippen MR) is 104 cm³/mol. The summed E-state index contributed by atoms with van der Waals surface area (Å²) in [6.07, 6.45) is 0.727. The van der Waals surface area contributed by atoms with Gasteiger partial charge in [0, 0.05) is 26.2 Å². The SMILES string of the molecule is CN=C(/C=C/c1cc(OC)c2nc(C(F)(F)F)c(C)n2n1)N=C(N)N1CCCC1. The van der Waals surface area contributed by atoms with Crippen molar-refractivity contribution < 1.29 is 17.9 Å². The van der Waals surface area contributed by atoms with E-state index in [4.69, 9.17) is 10.5 Å². The zero-order valence-electron chi connectivity index (χ0n) is 16.4. The largest absolute Gasteiger partial charge is 0.493 e. The number of guanidine groups is 1. The molecule has 156 valence electrons. The molecule has 2 aromatic rings.